The van der Waals surface area contributed by atoms with Crippen LogP contribution in [-0.4, -0.2) is 59.9 Å². The summed E-state index contributed by atoms with van der Waals surface area (Å²) in [6, 6.07) is 0. The summed E-state index contributed by atoms with van der Waals surface area (Å²) in [5.41, 5.74) is 0. The summed E-state index contributed by atoms with van der Waals surface area (Å²) in [5, 5.41) is 15.7. The Morgan fingerprint density at radius 1 is 1.20 bits per heavy atom. The Morgan fingerprint density at radius 2 is 1.60 bits per heavy atom. The molecule has 0 amide bonds. The van der Waals surface area contributed by atoms with E-state index in [9.17, 15) is 9.59 Å². The minimum absolute atomic E-state index is 0. The van der Waals surface area contributed by atoms with Gasteiger partial charge in [0.25, 0.3) is 0 Å². The molecule has 0 saturated carbocycles. The molecule has 0 unspecified atom stereocenters. The first kappa shape index (κ1) is 24.8. The predicted molar refractivity (Wildman–Crippen MR) is 55.3 cm³/mol. The van der Waals surface area contributed by atoms with Crippen molar-refractivity contribution < 1.29 is 49.4 Å². The van der Waals surface area contributed by atoms with Gasteiger partial charge in [-0.2, -0.15) is 0 Å². The zero-order valence-electron chi connectivity index (χ0n) is 9.43. The van der Waals surface area contributed by atoms with E-state index in [1.807, 2.05) is 6.92 Å². The number of carbonyl (C=O) groups is 2. The summed E-state index contributed by atoms with van der Waals surface area (Å²) in [5.74, 6) is -1.66. The molecule has 0 aromatic rings. The van der Waals surface area contributed by atoms with Gasteiger partial charge < -0.3 is 10.2 Å². The maximum Gasteiger partial charge on any atom is 2.00 e. The van der Waals surface area contributed by atoms with Crippen molar-refractivity contribution in [2.45, 2.75) is 20.3 Å². The molecule has 0 atom stereocenters. The Kier molecular flexibility index (Phi) is 33.3. The Morgan fingerprint density at radius 3 is 1.80 bits per heavy atom. The molecule has 6 heteroatoms. The Labute approximate surface area is 142 Å². The Hall–Kier alpha value is 0.680. The van der Waals surface area contributed by atoms with E-state index in [1.165, 1.54) is 6.08 Å². The molecule has 0 aromatic carbocycles. The van der Waals surface area contributed by atoms with Gasteiger partial charge in [-0.3, -0.25) is 4.79 Å². The summed E-state index contributed by atoms with van der Waals surface area (Å²) in [6.07, 6.45) is 6.20. The van der Waals surface area contributed by atoms with E-state index in [0.29, 0.717) is 0 Å². The average molecular weight is 249 g/mol. The van der Waals surface area contributed by atoms with Crippen molar-refractivity contribution in [3.63, 3.8) is 0 Å². The van der Waals surface area contributed by atoms with Crippen LogP contribution in [-0.2, 0) is 9.59 Å². The van der Waals surface area contributed by atoms with Gasteiger partial charge in [-0.15, -0.1) is 0 Å². The van der Waals surface area contributed by atoms with E-state index in [-0.39, 0.29) is 73.7 Å². The van der Waals surface area contributed by atoms with Gasteiger partial charge in [0.15, 0.2) is 0 Å². The third-order valence-corrected chi connectivity index (χ3v) is 0.845. The monoisotopic (exact) mass is 249 g/mol. The van der Waals surface area contributed by atoms with Crippen molar-refractivity contribution in [3.05, 3.63) is 24.3 Å². The van der Waals surface area contributed by atoms with Crippen LogP contribution in [0, 0.1) is 0 Å². The van der Waals surface area contributed by atoms with Crippen LogP contribution in [0.2, 0.25) is 0 Å². The van der Waals surface area contributed by atoms with Gasteiger partial charge >= 0.3 is 79.2 Å². The van der Waals surface area contributed by atoms with Crippen molar-refractivity contribution in [3.8, 4) is 0 Å². The molecule has 0 heterocycles. The predicted octanol–water partition coefficient (Wildman–Crippen LogP) is -1.69. The maximum atomic E-state index is 9.75. The molecule has 0 rings (SSSR count). The van der Waals surface area contributed by atoms with Crippen LogP contribution in [0.1, 0.15) is 20.3 Å². The minimum atomic E-state index is -0.914. The minimum Gasteiger partial charge on any atom is -0.481 e. The second-order valence-electron chi connectivity index (χ2n) is 1.97. The van der Waals surface area contributed by atoms with Crippen molar-refractivity contribution in [2.24, 2.45) is 0 Å². The van der Waals surface area contributed by atoms with Crippen molar-refractivity contribution in [1.82, 2.24) is 0 Å². The van der Waals surface area contributed by atoms with E-state index >= 15 is 0 Å². The fraction of sp³-hybridized carbons (Fsp3) is 0.333. The molecular formula is C9H14CaNaO4+3. The number of rotatable bonds is 3. The van der Waals surface area contributed by atoms with Gasteiger partial charge in [-0.05, 0) is 6.92 Å². The van der Waals surface area contributed by atoms with Crippen LogP contribution in [0.15, 0.2) is 24.3 Å². The molecule has 15 heavy (non-hydrogen) atoms. The molecule has 74 valence electrons. The first-order valence-corrected chi connectivity index (χ1v) is 3.78. The zero-order valence-corrected chi connectivity index (χ0v) is 13.6. The second-order valence-corrected chi connectivity index (χ2v) is 1.97. The van der Waals surface area contributed by atoms with Gasteiger partial charge in [0.2, 0.25) is 0 Å². The molecule has 2 N–H and O–H groups in total. The molecule has 4 nitrogen and oxygen atoms in total. The number of hydrogen-bond donors (Lipinski definition) is 2. The van der Waals surface area contributed by atoms with Crippen molar-refractivity contribution >= 4 is 49.7 Å². The van der Waals surface area contributed by atoms with Crippen molar-refractivity contribution in [1.29, 1.82) is 0 Å². The summed E-state index contributed by atoms with van der Waals surface area (Å²) in [7, 11) is 0. The summed E-state index contributed by atoms with van der Waals surface area (Å²) >= 11 is 0. The Bertz CT molecular complexity index is 214. The van der Waals surface area contributed by atoms with Gasteiger partial charge in [-0.25, -0.2) is 4.79 Å². The van der Waals surface area contributed by atoms with Crippen LogP contribution in [0.4, 0.5) is 0 Å². The maximum absolute atomic E-state index is 9.75. The summed E-state index contributed by atoms with van der Waals surface area (Å²) in [4.78, 5) is 19.1. The SMILES string of the molecule is C/C=C/C=C/C(=O)O.CCC(=O)O.[Ca+2].[Na+]. The van der Waals surface area contributed by atoms with E-state index in [0.717, 1.165) is 6.08 Å². The van der Waals surface area contributed by atoms with Crippen LogP contribution in [0.5, 0.6) is 0 Å². The molecule has 0 aliphatic rings. The molecule has 0 spiro atoms. The Balaban J connectivity index is -0.0000000770. The molecule has 0 fully saturated rings. The molecule has 0 bridgehead atoms. The standard InChI is InChI=1S/C6H8O2.C3H6O2.Ca.Na/c1-2-3-4-5-6(7)8;1-2-3(4)5;;/h2-5H,1H3,(H,7,8);2H2,1H3,(H,4,5);;/q;;+2;+1/b3-2+,5-4+;;;. The first-order chi connectivity index (χ1) is 6.04. The summed E-state index contributed by atoms with van der Waals surface area (Å²) in [6.45, 7) is 3.43. The van der Waals surface area contributed by atoms with Crippen LogP contribution < -0.4 is 29.6 Å². The number of allylic oxidation sites excluding steroid dienone is 3. The molecule has 0 radical (unpaired) electrons. The van der Waals surface area contributed by atoms with Crippen LogP contribution >= 0.6 is 0 Å². The zero-order chi connectivity index (χ0) is 10.7. The normalized spacial score (nSPS) is 8.40. The third-order valence-electron chi connectivity index (χ3n) is 0.845. The van der Waals surface area contributed by atoms with Gasteiger partial charge in [0, 0.05) is 12.5 Å². The smallest absolute Gasteiger partial charge is 0.481 e. The van der Waals surface area contributed by atoms with E-state index in [2.05, 4.69) is 0 Å². The molecular weight excluding hydrogens is 235 g/mol. The topological polar surface area (TPSA) is 74.6 Å². The van der Waals surface area contributed by atoms with Gasteiger partial charge in [-0.1, -0.05) is 25.2 Å². The quantitative estimate of drug-likeness (QED) is 0.355. The van der Waals surface area contributed by atoms with Crippen LogP contribution in [0.25, 0.3) is 0 Å². The van der Waals surface area contributed by atoms with E-state index in [1.54, 1.807) is 19.1 Å². The van der Waals surface area contributed by atoms with E-state index in [4.69, 9.17) is 10.2 Å². The molecule has 0 aliphatic heterocycles. The van der Waals surface area contributed by atoms with Gasteiger partial charge in [0.05, 0.1) is 0 Å². The fourth-order valence-electron chi connectivity index (χ4n) is 0.249. The largest absolute Gasteiger partial charge is 2.00 e. The number of aliphatic carboxylic acids is 2. The number of carboxylic acid groups (broad SMARTS) is 2. The van der Waals surface area contributed by atoms with Crippen LogP contribution in [0.3, 0.4) is 0 Å². The van der Waals surface area contributed by atoms with Crippen molar-refractivity contribution in [2.75, 3.05) is 0 Å². The number of carboxylic acids is 2. The fourth-order valence-corrected chi connectivity index (χ4v) is 0.249. The summed E-state index contributed by atoms with van der Waals surface area (Å²) < 4.78 is 0. The molecule has 0 saturated heterocycles. The number of hydrogen-bond acceptors (Lipinski definition) is 2. The second kappa shape index (κ2) is 20.1. The average Bonchev–Trinajstić information content (AvgIpc) is 2.05. The van der Waals surface area contributed by atoms with E-state index < -0.39 is 11.9 Å². The third kappa shape index (κ3) is 40.0. The van der Waals surface area contributed by atoms with Gasteiger partial charge in [0.1, 0.15) is 0 Å². The first-order valence-electron chi connectivity index (χ1n) is 3.78. The molecule has 0 aromatic heterocycles. The molecule has 0 aliphatic carbocycles.